The van der Waals surface area contributed by atoms with Gasteiger partial charge in [0.05, 0.1) is 22.4 Å². The van der Waals surface area contributed by atoms with Crippen molar-refractivity contribution < 1.29 is 9.18 Å². The van der Waals surface area contributed by atoms with Gasteiger partial charge >= 0.3 is 6.03 Å². The van der Waals surface area contributed by atoms with Crippen molar-refractivity contribution in [1.82, 2.24) is 0 Å². The molecule has 0 aliphatic carbocycles. The summed E-state index contributed by atoms with van der Waals surface area (Å²) in [5, 5.41) is 6.16. The van der Waals surface area contributed by atoms with Crippen LogP contribution in [0.5, 0.6) is 0 Å². The molecular formula is C18H19ClFN3O. The highest BCUT2D eigenvalue weighted by Crippen LogP contribution is 2.34. The number of anilines is 3. The summed E-state index contributed by atoms with van der Waals surface area (Å²) < 4.78 is 13.3. The predicted octanol–water partition coefficient (Wildman–Crippen LogP) is 4.97. The van der Waals surface area contributed by atoms with E-state index in [1.165, 1.54) is 18.2 Å². The Bertz CT molecular complexity index is 766. The van der Waals surface area contributed by atoms with Crippen LogP contribution in [0, 0.1) is 11.7 Å². The quantitative estimate of drug-likeness (QED) is 0.805. The van der Waals surface area contributed by atoms with Gasteiger partial charge in [-0.3, -0.25) is 4.90 Å². The van der Waals surface area contributed by atoms with Crippen LogP contribution in [0.4, 0.5) is 26.2 Å². The normalized spacial score (nSPS) is 16.5. The Morgan fingerprint density at radius 2 is 2.08 bits per heavy atom. The number of halogens is 2. The molecule has 0 fully saturated rings. The van der Waals surface area contributed by atoms with E-state index in [1.807, 2.05) is 24.3 Å². The Morgan fingerprint density at radius 3 is 2.79 bits per heavy atom. The molecule has 2 N–H and O–H groups in total. The largest absolute Gasteiger partial charge is 0.381 e. The number of amides is 2. The summed E-state index contributed by atoms with van der Waals surface area (Å²) in [6.07, 6.45) is 0. The number of urea groups is 1. The monoisotopic (exact) mass is 347 g/mol. The molecular weight excluding hydrogens is 329 g/mol. The Morgan fingerprint density at radius 1 is 1.33 bits per heavy atom. The fourth-order valence-electron chi connectivity index (χ4n) is 2.87. The molecule has 0 radical (unpaired) electrons. The molecule has 1 aliphatic heterocycles. The Labute approximate surface area is 145 Å². The zero-order valence-corrected chi connectivity index (χ0v) is 14.3. The average molecular weight is 348 g/mol. The third-order valence-corrected chi connectivity index (χ3v) is 4.45. The number of rotatable bonds is 2. The van der Waals surface area contributed by atoms with Crippen LogP contribution < -0.4 is 15.5 Å². The number of carbonyl (C=O) groups is 1. The Hall–Kier alpha value is -2.27. The van der Waals surface area contributed by atoms with E-state index in [0.717, 1.165) is 11.4 Å². The maximum Gasteiger partial charge on any atom is 0.326 e. The summed E-state index contributed by atoms with van der Waals surface area (Å²) in [5.74, 6) is -0.240. The number of para-hydroxylation sites is 2. The van der Waals surface area contributed by atoms with Crippen LogP contribution in [0.25, 0.3) is 0 Å². The van der Waals surface area contributed by atoms with Gasteiger partial charge in [0.25, 0.3) is 0 Å². The highest BCUT2D eigenvalue weighted by Gasteiger charge is 2.32. The van der Waals surface area contributed by atoms with E-state index in [1.54, 1.807) is 4.90 Å². The Kier molecular flexibility index (Phi) is 4.62. The van der Waals surface area contributed by atoms with Crippen LogP contribution in [-0.4, -0.2) is 18.6 Å². The lowest BCUT2D eigenvalue weighted by Gasteiger charge is -2.39. The molecule has 3 rings (SSSR count). The molecule has 0 saturated heterocycles. The molecule has 1 atom stereocenters. The van der Waals surface area contributed by atoms with E-state index in [2.05, 4.69) is 24.5 Å². The first-order valence-corrected chi connectivity index (χ1v) is 8.23. The van der Waals surface area contributed by atoms with Crippen molar-refractivity contribution in [1.29, 1.82) is 0 Å². The third kappa shape index (κ3) is 3.17. The summed E-state index contributed by atoms with van der Waals surface area (Å²) in [5.41, 5.74) is 2.21. The van der Waals surface area contributed by atoms with Crippen LogP contribution in [0.2, 0.25) is 5.02 Å². The molecule has 2 amide bonds. The van der Waals surface area contributed by atoms with Gasteiger partial charge in [0.1, 0.15) is 5.82 Å². The van der Waals surface area contributed by atoms with Gasteiger partial charge in [-0.1, -0.05) is 37.6 Å². The number of carbonyl (C=O) groups excluding carboxylic acids is 1. The lowest BCUT2D eigenvalue weighted by molar-refractivity contribution is 0.252. The lowest BCUT2D eigenvalue weighted by Crippen LogP contribution is -2.51. The molecule has 4 nitrogen and oxygen atoms in total. The minimum absolute atomic E-state index is 0.0100. The van der Waals surface area contributed by atoms with Crippen LogP contribution in [0.1, 0.15) is 13.8 Å². The molecule has 2 aromatic carbocycles. The lowest BCUT2D eigenvalue weighted by atomic mass is 9.99. The maximum absolute atomic E-state index is 13.3. The van der Waals surface area contributed by atoms with Crippen molar-refractivity contribution in [2.75, 3.05) is 22.1 Å². The SMILES string of the molecule is CC(C)C1CNc2ccccc2N1C(=O)Nc1ccc(F)c(Cl)c1. The van der Waals surface area contributed by atoms with Crippen molar-refractivity contribution in [2.45, 2.75) is 19.9 Å². The standard InChI is InChI=1S/C18H19ClFN3O/c1-11(2)17-10-21-15-5-3-4-6-16(15)23(17)18(24)22-12-7-8-14(20)13(19)9-12/h3-9,11,17,21H,10H2,1-2H3,(H,22,24). The van der Waals surface area contributed by atoms with Gasteiger partial charge < -0.3 is 10.6 Å². The van der Waals surface area contributed by atoms with Crippen LogP contribution in [0.15, 0.2) is 42.5 Å². The van der Waals surface area contributed by atoms with Gasteiger partial charge in [-0.2, -0.15) is 0 Å². The summed E-state index contributed by atoms with van der Waals surface area (Å²) in [6.45, 7) is 4.83. The summed E-state index contributed by atoms with van der Waals surface area (Å²) >= 11 is 5.79. The van der Waals surface area contributed by atoms with Crippen LogP contribution in [-0.2, 0) is 0 Å². The van der Waals surface area contributed by atoms with Crippen molar-refractivity contribution in [3.63, 3.8) is 0 Å². The summed E-state index contributed by atoms with van der Waals surface area (Å²) in [6, 6.07) is 11.6. The smallest absolute Gasteiger partial charge is 0.326 e. The fraction of sp³-hybridized carbons (Fsp3) is 0.278. The molecule has 1 aliphatic rings. The summed E-state index contributed by atoms with van der Waals surface area (Å²) in [4.78, 5) is 14.6. The maximum atomic E-state index is 13.3. The Balaban J connectivity index is 1.91. The van der Waals surface area contributed by atoms with Gasteiger partial charge in [-0.15, -0.1) is 0 Å². The fourth-order valence-corrected chi connectivity index (χ4v) is 3.05. The van der Waals surface area contributed by atoms with E-state index in [9.17, 15) is 9.18 Å². The second-order valence-corrected chi connectivity index (χ2v) is 6.55. The molecule has 0 spiro atoms. The number of hydrogen-bond donors (Lipinski definition) is 2. The number of benzene rings is 2. The number of fused-ring (bicyclic) bond motifs is 1. The van der Waals surface area contributed by atoms with Crippen molar-refractivity contribution in [2.24, 2.45) is 5.92 Å². The molecule has 24 heavy (non-hydrogen) atoms. The molecule has 0 saturated carbocycles. The second-order valence-electron chi connectivity index (χ2n) is 6.14. The molecule has 1 heterocycles. The first-order chi connectivity index (χ1) is 11.5. The van der Waals surface area contributed by atoms with Gasteiger partial charge in [-0.05, 0) is 36.2 Å². The van der Waals surface area contributed by atoms with Crippen LogP contribution in [0.3, 0.4) is 0 Å². The van der Waals surface area contributed by atoms with Crippen LogP contribution >= 0.6 is 11.6 Å². The van der Waals surface area contributed by atoms with Gasteiger partial charge in [0.15, 0.2) is 0 Å². The average Bonchev–Trinajstić information content (AvgIpc) is 2.57. The van der Waals surface area contributed by atoms with Crippen molar-refractivity contribution >= 4 is 34.7 Å². The highest BCUT2D eigenvalue weighted by molar-refractivity contribution is 6.31. The van der Waals surface area contributed by atoms with E-state index in [-0.39, 0.29) is 23.0 Å². The first-order valence-electron chi connectivity index (χ1n) is 7.85. The third-order valence-electron chi connectivity index (χ3n) is 4.16. The zero-order valence-electron chi connectivity index (χ0n) is 13.5. The van der Waals surface area contributed by atoms with Crippen molar-refractivity contribution in [3.05, 3.63) is 53.3 Å². The first kappa shape index (κ1) is 16.6. The summed E-state index contributed by atoms with van der Waals surface area (Å²) in [7, 11) is 0. The topological polar surface area (TPSA) is 44.4 Å². The van der Waals surface area contributed by atoms with E-state index in [4.69, 9.17) is 11.6 Å². The number of hydrogen-bond acceptors (Lipinski definition) is 2. The van der Waals surface area contributed by atoms with E-state index < -0.39 is 5.82 Å². The predicted molar refractivity (Wildman–Crippen MR) is 96.5 cm³/mol. The van der Waals surface area contributed by atoms with Gasteiger partial charge in [0, 0.05) is 12.2 Å². The molecule has 0 aromatic heterocycles. The van der Waals surface area contributed by atoms with E-state index in [0.29, 0.717) is 12.2 Å². The van der Waals surface area contributed by atoms with E-state index >= 15 is 0 Å². The minimum Gasteiger partial charge on any atom is -0.381 e. The molecule has 6 heteroatoms. The second kappa shape index (κ2) is 6.69. The highest BCUT2D eigenvalue weighted by atomic mass is 35.5. The van der Waals surface area contributed by atoms with Gasteiger partial charge in [0.2, 0.25) is 0 Å². The number of nitrogens with one attached hydrogen (secondary N) is 2. The zero-order chi connectivity index (χ0) is 17.3. The van der Waals surface area contributed by atoms with Crippen molar-refractivity contribution in [3.8, 4) is 0 Å². The van der Waals surface area contributed by atoms with Gasteiger partial charge in [-0.25, -0.2) is 9.18 Å². The molecule has 2 aromatic rings. The molecule has 1 unspecified atom stereocenters. The number of nitrogens with zero attached hydrogens (tertiary/aromatic N) is 1. The molecule has 126 valence electrons. The molecule has 0 bridgehead atoms. The minimum atomic E-state index is -0.512.